The third-order valence-corrected chi connectivity index (χ3v) is 5.68. The lowest BCUT2D eigenvalue weighted by Crippen LogP contribution is -2.34. The highest BCUT2D eigenvalue weighted by atomic mass is 19.4. The predicted octanol–water partition coefficient (Wildman–Crippen LogP) is 8.38. The van der Waals surface area contributed by atoms with Gasteiger partial charge in [0.25, 0.3) is 0 Å². The molecule has 2 N–H and O–H groups in total. The minimum Gasteiger partial charge on any atom is -0.507 e. The predicted molar refractivity (Wildman–Crippen MR) is 110 cm³/mol. The van der Waals surface area contributed by atoms with Crippen LogP contribution in [0.4, 0.5) is 43.9 Å². The largest absolute Gasteiger partial charge is 0.507 e. The maximum Gasteiger partial charge on any atom is 0.458 e. The topological polar surface area (TPSA) is 40.5 Å². The van der Waals surface area contributed by atoms with Gasteiger partial charge in [-0.15, -0.1) is 0 Å². The number of halogens is 10. The molecule has 0 aliphatic rings. The highest BCUT2D eigenvalue weighted by molar-refractivity contribution is 6.10. The second-order valence-corrected chi connectivity index (χ2v) is 7.88. The summed E-state index contributed by atoms with van der Waals surface area (Å²) in [5.74, 6) is -14.8. The number of phenolic OH excluding ortho intramolecular Hbond substituents is 2. The lowest BCUT2D eigenvalue weighted by molar-refractivity contribution is -0.289. The van der Waals surface area contributed by atoms with Crippen molar-refractivity contribution in [3.8, 4) is 22.6 Å². The fourth-order valence-electron chi connectivity index (χ4n) is 3.96. The van der Waals surface area contributed by atoms with Gasteiger partial charge in [0.2, 0.25) is 0 Å². The van der Waals surface area contributed by atoms with E-state index in [9.17, 15) is 54.1 Å². The van der Waals surface area contributed by atoms with Crippen LogP contribution in [0, 0.1) is 0 Å². The van der Waals surface area contributed by atoms with Gasteiger partial charge in [-0.05, 0) is 33.7 Å². The van der Waals surface area contributed by atoms with Crippen LogP contribution in [0.1, 0.15) is 11.1 Å². The van der Waals surface area contributed by atoms with Crippen molar-refractivity contribution in [2.45, 2.75) is 24.2 Å². The Bertz CT molecular complexity index is 1370. The van der Waals surface area contributed by atoms with Gasteiger partial charge in [0.05, 0.1) is 11.1 Å². The number of hydrogen-bond acceptors (Lipinski definition) is 2. The molecule has 12 heteroatoms. The van der Waals surface area contributed by atoms with Crippen LogP contribution >= 0.6 is 0 Å². The molecule has 0 unspecified atom stereocenters. The zero-order valence-electron chi connectivity index (χ0n) is 17.4. The van der Waals surface area contributed by atoms with Crippen molar-refractivity contribution < 1.29 is 54.1 Å². The van der Waals surface area contributed by atoms with E-state index in [1.807, 2.05) is 0 Å². The molecule has 0 fully saturated rings. The van der Waals surface area contributed by atoms with E-state index < -0.39 is 58.0 Å². The molecule has 0 bridgehead atoms. The fraction of sp³-hybridized carbons (Fsp3) is 0.167. The van der Waals surface area contributed by atoms with Gasteiger partial charge in [-0.2, -0.15) is 43.9 Å². The summed E-state index contributed by atoms with van der Waals surface area (Å²) in [7, 11) is 0. The molecular weight excluding hydrogens is 510 g/mol. The first-order chi connectivity index (χ1) is 16.5. The summed E-state index contributed by atoms with van der Waals surface area (Å²) in [6, 6.07) is 10.0. The average Bonchev–Trinajstić information content (AvgIpc) is 2.77. The van der Waals surface area contributed by atoms with E-state index in [0.717, 1.165) is 24.3 Å². The minimum atomic E-state index is -6.19. The Morgan fingerprint density at radius 2 is 0.778 bits per heavy atom. The lowest BCUT2D eigenvalue weighted by atomic mass is 9.86. The van der Waals surface area contributed by atoms with E-state index >= 15 is 0 Å². The number of phenols is 2. The van der Waals surface area contributed by atoms with Crippen LogP contribution < -0.4 is 0 Å². The standard InChI is InChI=1S/C24H12F10O2/c25-21(26,23(29,30)31)15-9-11-5-1-3-7-13(11)17(19(15)35)18-14-8-4-2-6-12(14)10-16(20(18)36)22(27,28)24(32,33)34/h1-10,35-36H. The van der Waals surface area contributed by atoms with Crippen LogP contribution in [0.25, 0.3) is 32.7 Å². The second-order valence-electron chi connectivity index (χ2n) is 7.88. The van der Waals surface area contributed by atoms with Crippen LogP contribution in [0.15, 0.2) is 60.7 Å². The van der Waals surface area contributed by atoms with Crippen molar-refractivity contribution in [3.63, 3.8) is 0 Å². The molecule has 0 radical (unpaired) electrons. The quantitative estimate of drug-likeness (QED) is 0.266. The summed E-state index contributed by atoms with van der Waals surface area (Å²) >= 11 is 0. The first kappa shape index (κ1) is 25.4. The second kappa shape index (κ2) is 7.90. The molecule has 0 spiro atoms. The Hall–Kier alpha value is -3.70. The molecule has 0 atom stereocenters. The van der Waals surface area contributed by atoms with Gasteiger partial charge >= 0.3 is 24.2 Å². The first-order valence-electron chi connectivity index (χ1n) is 9.90. The molecule has 0 aliphatic heterocycles. The molecule has 36 heavy (non-hydrogen) atoms. The summed E-state index contributed by atoms with van der Waals surface area (Å²) in [5.41, 5.74) is -5.89. The molecule has 4 aromatic carbocycles. The molecule has 0 amide bonds. The van der Waals surface area contributed by atoms with E-state index in [0.29, 0.717) is 12.1 Å². The van der Waals surface area contributed by atoms with Crippen molar-refractivity contribution >= 4 is 21.5 Å². The monoisotopic (exact) mass is 522 g/mol. The molecule has 0 heterocycles. The SMILES string of the molecule is Oc1c(C(F)(F)C(F)(F)F)cc2ccccc2c1-c1c(O)c(C(F)(F)C(F)(F)F)cc2ccccc12. The van der Waals surface area contributed by atoms with Crippen LogP contribution in [-0.4, -0.2) is 22.6 Å². The maximum atomic E-state index is 14.4. The molecule has 0 saturated carbocycles. The lowest BCUT2D eigenvalue weighted by Gasteiger charge is -2.26. The number of benzene rings is 4. The summed E-state index contributed by atoms with van der Waals surface area (Å²) < 4.78 is 137. The van der Waals surface area contributed by atoms with Gasteiger partial charge in [0.1, 0.15) is 11.5 Å². The van der Waals surface area contributed by atoms with Crippen molar-refractivity contribution in [1.82, 2.24) is 0 Å². The summed E-state index contributed by atoms with van der Waals surface area (Å²) in [6.07, 6.45) is -12.4. The molecular formula is C24H12F10O2. The summed E-state index contributed by atoms with van der Waals surface area (Å²) in [6.45, 7) is 0. The molecule has 0 saturated heterocycles. The molecule has 2 nitrogen and oxygen atoms in total. The third-order valence-electron chi connectivity index (χ3n) is 5.68. The number of rotatable bonds is 3. The van der Waals surface area contributed by atoms with E-state index in [1.54, 1.807) is 0 Å². The van der Waals surface area contributed by atoms with Gasteiger partial charge in [-0.1, -0.05) is 48.5 Å². The van der Waals surface area contributed by atoms with Gasteiger partial charge in [0.15, 0.2) is 0 Å². The Morgan fingerprint density at radius 1 is 0.472 bits per heavy atom. The molecule has 4 aromatic rings. The van der Waals surface area contributed by atoms with Gasteiger partial charge < -0.3 is 10.2 Å². The van der Waals surface area contributed by atoms with Crippen LogP contribution in [0.5, 0.6) is 11.5 Å². The van der Waals surface area contributed by atoms with Crippen molar-refractivity contribution in [2.75, 3.05) is 0 Å². The van der Waals surface area contributed by atoms with Gasteiger partial charge in [-0.3, -0.25) is 0 Å². The van der Waals surface area contributed by atoms with E-state index in [1.165, 1.54) is 24.3 Å². The summed E-state index contributed by atoms with van der Waals surface area (Å²) in [5, 5.41) is 20.1. The Balaban J connectivity index is 2.25. The normalized spacial score (nSPS) is 13.5. The highest BCUT2D eigenvalue weighted by Crippen LogP contribution is 2.56. The molecule has 0 aromatic heterocycles. The van der Waals surface area contributed by atoms with E-state index in [-0.39, 0.29) is 21.5 Å². The van der Waals surface area contributed by atoms with Crippen LogP contribution in [0.3, 0.4) is 0 Å². The van der Waals surface area contributed by atoms with Crippen molar-refractivity contribution in [2.24, 2.45) is 0 Å². The molecule has 4 rings (SSSR count). The Labute approximate surface area is 195 Å². The third kappa shape index (κ3) is 3.66. The maximum absolute atomic E-state index is 14.4. The molecule has 0 aliphatic carbocycles. The fourth-order valence-corrected chi connectivity index (χ4v) is 3.96. The van der Waals surface area contributed by atoms with Crippen LogP contribution in [0.2, 0.25) is 0 Å². The smallest absolute Gasteiger partial charge is 0.458 e. The molecule has 190 valence electrons. The Morgan fingerprint density at radius 3 is 1.08 bits per heavy atom. The Kier molecular flexibility index (Phi) is 5.57. The average molecular weight is 522 g/mol. The van der Waals surface area contributed by atoms with Gasteiger partial charge in [0, 0.05) is 11.1 Å². The number of alkyl halides is 10. The number of fused-ring (bicyclic) bond motifs is 2. The number of hydrogen-bond donors (Lipinski definition) is 2. The van der Waals surface area contributed by atoms with Crippen LogP contribution in [-0.2, 0) is 11.8 Å². The first-order valence-corrected chi connectivity index (χ1v) is 9.90. The number of aromatic hydroxyl groups is 2. The zero-order chi connectivity index (χ0) is 26.8. The zero-order valence-corrected chi connectivity index (χ0v) is 17.4. The minimum absolute atomic E-state index is 0.287. The summed E-state index contributed by atoms with van der Waals surface area (Å²) in [4.78, 5) is 0. The van der Waals surface area contributed by atoms with E-state index in [4.69, 9.17) is 0 Å². The van der Waals surface area contributed by atoms with Gasteiger partial charge in [-0.25, -0.2) is 0 Å². The highest BCUT2D eigenvalue weighted by Gasteiger charge is 2.61. The van der Waals surface area contributed by atoms with Crippen molar-refractivity contribution in [1.29, 1.82) is 0 Å². The van der Waals surface area contributed by atoms with E-state index in [2.05, 4.69) is 0 Å². The van der Waals surface area contributed by atoms with Crippen molar-refractivity contribution in [3.05, 3.63) is 71.8 Å².